The zero-order valence-corrected chi connectivity index (χ0v) is 12.0. The van der Waals surface area contributed by atoms with Crippen LogP contribution in [-0.4, -0.2) is 34.2 Å². The fourth-order valence-corrected chi connectivity index (χ4v) is 1.79. The lowest BCUT2D eigenvalue weighted by molar-refractivity contribution is -0.123. The van der Waals surface area contributed by atoms with Gasteiger partial charge in [0, 0.05) is 17.4 Å². The van der Waals surface area contributed by atoms with E-state index in [0.29, 0.717) is 23.3 Å². The summed E-state index contributed by atoms with van der Waals surface area (Å²) >= 11 is 3.14. The maximum Gasteiger partial charge on any atom is 0.257 e. The Hall–Kier alpha value is -1.96. The molecule has 6 nitrogen and oxygen atoms in total. The third kappa shape index (κ3) is 4.30. The lowest BCUT2D eigenvalue weighted by Crippen LogP contribution is -2.30. The lowest BCUT2D eigenvalue weighted by atomic mass is 10.3. The minimum Gasteiger partial charge on any atom is -0.481 e. The molecule has 0 saturated carbocycles. The molecule has 8 heteroatoms. The summed E-state index contributed by atoms with van der Waals surface area (Å²) in [4.78, 5) is 15.4. The normalized spacial score (nSPS) is 10.3. The fourth-order valence-electron chi connectivity index (χ4n) is 1.46. The third-order valence-electron chi connectivity index (χ3n) is 2.40. The van der Waals surface area contributed by atoms with E-state index in [1.165, 1.54) is 18.5 Å². The van der Waals surface area contributed by atoms with Gasteiger partial charge in [-0.05, 0) is 18.2 Å². The molecule has 0 atom stereocenters. The molecule has 1 heterocycles. The van der Waals surface area contributed by atoms with Gasteiger partial charge in [-0.1, -0.05) is 15.9 Å². The van der Waals surface area contributed by atoms with E-state index < -0.39 is 5.82 Å². The van der Waals surface area contributed by atoms with Gasteiger partial charge in [0.2, 0.25) is 0 Å². The molecule has 0 fully saturated rings. The fraction of sp³-hybridized carbons (Fsp3) is 0.250. The zero-order valence-electron chi connectivity index (χ0n) is 10.4. The Kier molecular flexibility index (Phi) is 5.05. The number of hydrogen-bond acceptors (Lipinski definition) is 4. The lowest BCUT2D eigenvalue weighted by Gasteiger charge is -2.07. The number of aromatic nitrogens is 3. The van der Waals surface area contributed by atoms with Crippen LogP contribution in [0, 0.1) is 5.82 Å². The van der Waals surface area contributed by atoms with Gasteiger partial charge in [-0.15, -0.1) is 0 Å². The van der Waals surface area contributed by atoms with Crippen LogP contribution in [0.3, 0.4) is 0 Å². The minimum atomic E-state index is -0.520. The number of aromatic amines is 1. The molecular formula is C12H12BrFN4O2. The maximum atomic E-state index is 13.4. The quantitative estimate of drug-likeness (QED) is 0.832. The predicted molar refractivity (Wildman–Crippen MR) is 72.7 cm³/mol. The molecular weight excluding hydrogens is 331 g/mol. The van der Waals surface area contributed by atoms with E-state index in [-0.39, 0.29) is 18.3 Å². The van der Waals surface area contributed by atoms with E-state index in [9.17, 15) is 9.18 Å². The summed E-state index contributed by atoms with van der Waals surface area (Å²) in [5.74, 6) is -0.121. The van der Waals surface area contributed by atoms with Crippen LogP contribution < -0.4 is 10.1 Å². The van der Waals surface area contributed by atoms with Crippen LogP contribution in [0.5, 0.6) is 5.75 Å². The van der Waals surface area contributed by atoms with Crippen molar-refractivity contribution in [2.45, 2.75) is 6.42 Å². The van der Waals surface area contributed by atoms with E-state index in [1.807, 2.05) is 0 Å². The summed E-state index contributed by atoms with van der Waals surface area (Å²) < 4.78 is 19.1. The van der Waals surface area contributed by atoms with Gasteiger partial charge in [-0.25, -0.2) is 9.37 Å². The van der Waals surface area contributed by atoms with Crippen molar-refractivity contribution < 1.29 is 13.9 Å². The van der Waals surface area contributed by atoms with Gasteiger partial charge in [0.05, 0.1) is 0 Å². The number of ether oxygens (including phenoxy) is 1. The van der Waals surface area contributed by atoms with Crippen molar-refractivity contribution in [3.63, 3.8) is 0 Å². The van der Waals surface area contributed by atoms with Crippen LogP contribution in [0.15, 0.2) is 29.0 Å². The number of amides is 1. The van der Waals surface area contributed by atoms with Crippen molar-refractivity contribution >= 4 is 21.8 Å². The SMILES string of the molecule is O=C(COc1ccc(Br)cc1F)NCCc1ncn[nH]1. The molecule has 0 aliphatic heterocycles. The molecule has 2 aromatic rings. The number of benzene rings is 1. The Bertz CT molecular complexity index is 577. The van der Waals surface area contributed by atoms with Gasteiger partial charge < -0.3 is 10.1 Å². The van der Waals surface area contributed by atoms with Crippen molar-refractivity contribution in [3.05, 3.63) is 40.6 Å². The highest BCUT2D eigenvalue weighted by Crippen LogP contribution is 2.21. The highest BCUT2D eigenvalue weighted by molar-refractivity contribution is 9.10. The Morgan fingerprint density at radius 3 is 3.05 bits per heavy atom. The predicted octanol–water partition coefficient (Wildman–Crippen LogP) is 1.44. The van der Waals surface area contributed by atoms with Crippen LogP contribution in [0.2, 0.25) is 0 Å². The molecule has 20 heavy (non-hydrogen) atoms. The number of H-pyrrole nitrogens is 1. The largest absolute Gasteiger partial charge is 0.481 e. The number of nitrogens with zero attached hydrogens (tertiary/aromatic N) is 2. The summed E-state index contributed by atoms with van der Waals surface area (Å²) in [6.07, 6.45) is 1.94. The number of hydrogen-bond donors (Lipinski definition) is 2. The molecule has 1 amide bonds. The second-order valence-electron chi connectivity index (χ2n) is 3.90. The first kappa shape index (κ1) is 14.4. The van der Waals surface area contributed by atoms with Gasteiger partial charge in [-0.3, -0.25) is 9.89 Å². The van der Waals surface area contributed by atoms with Crippen molar-refractivity contribution in [2.75, 3.05) is 13.2 Å². The van der Waals surface area contributed by atoms with E-state index in [0.717, 1.165) is 0 Å². The molecule has 0 saturated heterocycles. The molecule has 0 unspecified atom stereocenters. The van der Waals surface area contributed by atoms with Gasteiger partial charge >= 0.3 is 0 Å². The van der Waals surface area contributed by atoms with Crippen LogP contribution in [0.4, 0.5) is 4.39 Å². The minimum absolute atomic E-state index is 0.0404. The van der Waals surface area contributed by atoms with Gasteiger partial charge in [0.15, 0.2) is 18.2 Å². The topological polar surface area (TPSA) is 79.9 Å². The summed E-state index contributed by atoms with van der Waals surface area (Å²) in [6.45, 7) is 0.162. The Morgan fingerprint density at radius 2 is 2.35 bits per heavy atom. The molecule has 1 aromatic heterocycles. The van der Waals surface area contributed by atoms with Gasteiger partial charge in [-0.2, -0.15) is 5.10 Å². The Morgan fingerprint density at radius 1 is 1.50 bits per heavy atom. The first-order chi connectivity index (χ1) is 9.65. The van der Waals surface area contributed by atoms with Crippen LogP contribution in [-0.2, 0) is 11.2 Å². The number of nitrogens with one attached hydrogen (secondary N) is 2. The second kappa shape index (κ2) is 6.99. The molecule has 0 aliphatic carbocycles. The highest BCUT2D eigenvalue weighted by Gasteiger charge is 2.07. The molecule has 106 valence electrons. The zero-order chi connectivity index (χ0) is 14.4. The first-order valence-corrected chi connectivity index (χ1v) is 6.63. The Balaban J connectivity index is 1.72. The van der Waals surface area contributed by atoms with Crippen molar-refractivity contribution in [3.8, 4) is 5.75 Å². The van der Waals surface area contributed by atoms with Gasteiger partial charge in [0.1, 0.15) is 12.2 Å². The molecule has 2 rings (SSSR count). The van der Waals surface area contributed by atoms with E-state index >= 15 is 0 Å². The highest BCUT2D eigenvalue weighted by atomic mass is 79.9. The molecule has 2 N–H and O–H groups in total. The number of carbonyl (C=O) groups excluding carboxylic acids is 1. The molecule has 1 aromatic carbocycles. The van der Waals surface area contributed by atoms with Crippen molar-refractivity contribution in [1.29, 1.82) is 0 Å². The van der Waals surface area contributed by atoms with Crippen LogP contribution in [0.25, 0.3) is 0 Å². The Labute approximate surface area is 122 Å². The second-order valence-corrected chi connectivity index (χ2v) is 4.81. The van der Waals surface area contributed by atoms with Crippen LogP contribution in [0.1, 0.15) is 5.82 Å². The monoisotopic (exact) mass is 342 g/mol. The first-order valence-electron chi connectivity index (χ1n) is 5.84. The average Bonchev–Trinajstić information content (AvgIpc) is 2.91. The van der Waals surface area contributed by atoms with Crippen molar-refractivity contribution in [2.24, 2.45) is 0 Å². The van der Waals surface area contributed by atoms with Crippen molar-refractivity contribution in [1.82, 2.24) is 20.5 Å². The molecule has 0 radical (unpaired) electrons. The van der Waals surface area contributed by atoms with E-state index in [4.69, 9.17) is 4.74 Å². The molecule has 0 spiro atoms. The summed E-state index contributed by atoms with van der Waals surface area (Å²) in [5, 5.41) is 9.02. The average molecular weight is 343 g/mol. The smallest absolute Gasteiger partial charge is 0.257 e. The number of halogens is 2. The molecule has 0 aliphatic rings. The standard InChI is InChI=1S/C12H12BrFN4O2/c13-8-1-2-10(9(14)5-8)20-6-12(19)15-4-3-11-16-7-17-18-11/h1-2,5,7H,3-4,6H2,(H,15,19)(H,16,17,18). The summed E-state index contributed by atoms with van der Waals surface area (Å²) in [6, 6.07) is 4.37. The molecule has 0 bridgehead atoms. The number of rotatable bonds is 6. The van der Waals surface area contributed by atoms with E-state index in [1.54, 1.807) is 6.07 Å². The van der Waals surface area contributed by atoms with E-state index in [2.05, 4.69) is 36.4 Å². The summed E-state index contributed by atoms with van der Waals surface area (Å²) in [5.41, 5.74) is 0. The maximum absolute atomic E-state index is 13.4. The summed E-state index contributed by atoms with van der Waals surface area (Å²) in [7, 11) is 0. The van der Waals surface area contributed by atoms with Crippen LogP contribution >= 0.6 is 15.9 Å². The number of carbonyl (C=O) groups is 1. The third-order valence-corrected chi connectivity index (χ3v) is 2.89. The van der Waals surface area contributed by atoms with Gasteiger partial charge in [0.25, 0.3) is 5.91 Å².